The van der Waals surface area contributed by atoms with Crippen molar-refractivity contribution in [3.63, 3.8) is 0 Å². The lowest BCUT2D eigenvalue weighted by atomic mass is 9.73. The second-order valence-corrected chi connectivity index (χ2v) is 10.1. The van der Waals surface area contributed by atoms with Crippen LogP contribution in [0.3, 0.4) is 0 Å². The predicted octanol–water partition coefficient (Wildman–Crippen LogP) is 4.56. The minimum absolute atomic E-state index is 0.198. The molecular formula is C28H29N3O5. The number of rotatable bonds is 4. The average molecular weight is 488 g/mol. The molecule has 8 heteroatoms. The first-order valence-electron chi connectivity index (χ1n) is 11.8. The molecule has 1 aliphatic rings. The second-order valence-electron chi connectivity index (χ2n) is 10.1. The van der Waals surface area contributed by atoms with Crippen molar-refractivity contribution in [2.75, 3.05) is 14.2 Å². The van der Waals surface area contributed by atoms with E-state index in [2.05, 4.69) is 25.3 Å². The number of hydrogen-bond acceptors (Lipinski definition) is 6. The molecule has 1 unspecified atom stereocenters. The molecule has 1 N–H and O–H groups in total. The Labute approximate surface area is 208 Å². The smallest absolute Gasteiger partial charge is 0.347 e. The Balaban J connectivity index is 1.94. The average Bonchev–Trinajstić information content (AvgIpc) is 3.24. The van der Waals surface area contributed by atoms with Crippen LogP contribution < -0.4 is 10.3 Å². The molecule has 0 spiro atoms. The number of carbonyl (C=O) groups excluding carboxylic acids is 1. The van der Waals surface area contributed by atoms with Gasteiger partial charge in [0.05, 0.1) is 32.0 Å². The van der Waals surface area contributed by atoms with Crippen molar-refractivity contribution in [2.24, 2.45) is 5.41 Å². The minimum atomic E-state index is -0.865. The normalized spacial score (nSPS) is 14.9. The summed E-state index contributed by atoms with van der Waals surface area (Å²) in [5.41, 5.74) is 2.15. The number of para-hydroxylation sites is 1. The van der Waals surface area contributed by atoms with Gasteiger partial charge in [-0.25, -0.2) is 9.78 Å². The van der Waals surface area contributed by atoms with E-state index < -0.39 is 11.5 Å². The molecule has 0 saturated carbocycles. The molecule has 1 aliphatic heterocycles. The van der Waals surface area contributed by atoms with Gasteiger partial charge in [0.25, 0.3) is 5.56 Å². The number of hydrogen-bond donors (Lipinski definition) is 1. The summed E-state index contributed by atoms with van der Waals surface area (Å²) in [5, 5.41) is 11.5. The summed E-state index contributed by atoms with van der Waals surface area (Å²) >= 11 is 0. The first-order valence-corrected chi connectivity index (χ1v) is 11.8. The van der Waals surface area contributed by atoms with Crippen molar-refractivity contribution >= 4 is 17.0 Å². The van der Waals surface area contributed by atoms with Gasteiger partial charge in [0.1, 0.15) is 17.0 Å². The van der Waals surface area contributed by atoms with Crippen molar-refractivity contribution in [2.45, 2.75) is 39.8 Å². The fourth-order valence-corrected chi connectivity index (χ4v) is 5.14. The molecule has 4 aromatic rings. The molecule has 1 atom stereocenters. The monoisotopic (exact) mass is 487 g/mol. The van der Waals surface area contributed by atoms with E-state index in [0.29, 0.717) is 34.9 Å². The number of aromatic nitrogens is 3. The molecule has 186 valence electrons. The lowest BCUT2D eigenvalue weighted by molar-refractivity contribution is 0.0593. The molecular weight excluding hydrogens is 458 g/mol. The number of ether oxygens (including phenoxy) is 2. The van der Waals surface area contributed by atoms with E-state index in [1.165, 1.54) is 7.11 Å². The van der Waals surface area contributed by atoms with Gasteiger partial charge in [-0.1, -0.05) is 57.2 Å². The Morgan fingerprint density at radius 2 is 1.83 bits per heavy atom. The standard InChI is InChI=1S/C28H29N3O5/c1-28(2,3)17-15-30-18-12-9-13-19(35-4)22(18)29-25(30)23-20(17)24(32)21(27(34)36-5)26(33)31(23)14-16-10-7-6-8-11-16/h6-13,17,32H,14-15H2,1-5H3. The van der Waals surface area contributed by atoms with Crippen molar-refractivity contribution in [1.29, 1.82) is 0 Å². The molecule has 0 aliphatic carbocycles. The van der Waals surface area contributed by atoms with E-state index in [9.17, 15) is 14.7 Å². The summed E-state index contributed by atoms with van der Waals surface area (Å²) in [6, 6.07) is 15.3. The molecule has 3 heterocycles. The van der Waals surface area contributed by atoms with Gasteiger partial charge in [0, 0.05) is 18.0 Å². The number of nitrogens with zero attached hydrogens (tertiary/aromatic N) is 3. The zero-order valence-corrected chi connectivity index (χ0v) is 21.0. The van der Waals surface area contributed by atoms with Crippen molar-refractivity contribution < 1.29 is 19.4 Å². The number of fused-ring (bicyclic) bond motifs is 5. The Morgan fingerprint density at radius 3 is 2.47 bits per heavy atom. The quantitative estimate of drug-likeness (QED) is 0.424. The number of esters is 1. The van der Waals surface area contributed by atoms with Crippen LogP contribution in [-0.4, -0.2) is 39.4 Å². The summed E-state index contributed by atoms with van der Waals surface area (Å²) < 4.78 is 14.1. The van der Waals surface area contributed by atoms with Crippen LogP contribution in [0.2, 0.25) is 0 Å². The summed E-state index contributed by atoms with van der Waals surface area (Å²) in [4.78, 5) is 31.5. The summed E-state index contributed by atoms with van der Waals surface area (Å²) in [6.07, 6.45) is 0. The van der Waals surface area contributed by atoms with Crippen molar-refractivity contribution in [3.05, 3.63) is 75.6 Å². The number of benzene rings is 2. The minimum Gasteiger partial charge on any atom is -0.506 e. The van der Waals surface area contributed by atoms with Gasteiger partial charge < -0.3 is 19.1 Å². The highest BCUT2D eigenvalue weighted by Gasteiger charge is 2.41. The molecule has 0 saturated heterocycles. The van der Waals surface area contributed by atoms with Crippen LogP contribution in [0.1, 0.15) is 48.2 Å². The molecule has 0 fully saturated rings. The van der Waals surface area contributed by atoms with E-state index in [-0.39, 0.29) is 29.2 Å². The number of methoxy groups -OCH3 is 2. The highest BCUT2D eigenvalue weighted by Crippen LogP contribution is 2.50. The fourth-order valence-electron chi connectivity index (χ4n) is 5.14. The maximum absolute atomic E-state index is 13.8. The van der Waals surface area contributed by atoms with Gasteiger partial charge >= 0.3 is 5.97 Å². The third-order valence-corrected chi connectivity index (χ3v) is 6.98. The molecule has 2 aromatic carbocycles. The molecule has 0 amide bonds. The van der Waals surface area contributed by atoms with Gasteiger partial charge in [-0.2, -0.15) is 0 Å². The summed E-state index contributed by atoms with van der Waals surface area (Å²) in [5.74, 6) is -0.262. The Bertz CT molecular complexity index is 1540. The summed E-state index contributed by atoms with van der Waals surface area (Å²) in [6.45, 7) is 6.94. The van der Waals surface area contributed by atoms with E-state index in [0.717, 1.165) is 11.1 Å². The topological polar surface area (TPSA) is 95.6 Å². The van der Waals surface area contributed by atoms with E-state index in [1.54, 1.807) is 11.7 Å². The summed E-state index contributed by atoms with van der Waals surface area (Å²) in [7, 11) is 2.80. The molecule has 36 heavy (non-hydrogen) atoms. The second kappa shape index (κ2) is 8.55. The lowest BCUT2D eigenvalue weighted by Gasteiger charge is -2.38. The maximum atomic E-state index is 13.8. The zero-order chi connectivity index (χ0) is 25.8. The van der Waals surface area contributed by atoms with Gasteiger partial charge in [-0.3, -0.25) is 9.36 Å². The van der Waals surface area contributed by atoms with Crippen molar-refractivity contribution in [1.82, 2.24) is 14.1 Å². The van der Waals surface area contributed by atoms with Gasteiger partial charge in [0.2, 0.25) is 0 Å². The van der Waals surface area contributed by atoms with Gasteiger partial charge in [0.15, 0.2) is 11.4 Å². The Morgan fingerprint density at radius 1 is 1.11 bits per heavy atom. The zero-order valence-electron chi connectivity index (χ0n) is 21.0. The molecule has 0 radical (unpaired) electrons. The largest absolute Gasteiger partial charge is 0.506 e. The molecule has 0 bridgehead atoms. The van der Waals surface area contributed by atoms with E-state index >= 15 is 0 Å². The van der Waals surface area contributed by atoms with E-state index in [4.69, 9.17) is 14.5 Å². The lowest BCUT2D eigenvalue weighted by Crippen LogP contribution is -2.36. The third kappa shape index (κ3) is 3.56. The molecule has 8 nitrogen and oxygen atoms in total. The van der Waals surface area contributed by atoms with Crippen LogP contribution in [0.25, 0.3) is 22.6 Å². The van der Waals surface area contributed by atoms with Crippen LogP contribution >= 0.6 is 0 Å². The number of carbonyl (C=O) groups is 1. The first-order chi connectivity index (χ1) is 17.2. The fraction of sp³-hybridized carbons (Fsp3) is 0.321. The van der Waals surface area contributed by atoms with E-state index in [1.807, 2.05) is 48.5 Å². The van der Waals surface area contributed by atoms with Gasteiger partial charge in [-0.05, 0) is 23.1 Å². The SMILES string of the molecule is COC(=O)c1c(O)c2c(n(Cc3ccccc3)c1=O)-c1nc3c(OC)cccc3n1CC2C(C)(C)C. The number of imidazole rings is 1. The van der Waals surface area contributed by atoms with Gasteiger partial charge in [-0.15, -0.1) is 0 Å². The predicted molar refractivity (Wildman–Crippen MR) is 137 cm³/mol. The Hall–Kier alpha value is -4.07. The van der Waals surface area contributed by atoms with Crippen LogP contribution in [0.15, 0.2) is 53.3 Å². The van der Waals surface area contributed by atoms with Crippen LogP contribution in [0.4, 0.5) is 0 Å². The molecule has 2 aromatic heterocycles. The van der Waals surface area contributed by atoms with Crippen LogP contribution in [0.5, 0.6) is 11.5 Å². The highest BCUT2D eigenvalue weighted by atomic mass is 16.5. The maximum Gasteiger partial charge on any atom is 0.347 e. The first kappa shape index (κ1) is 23.7. The third-order valence-electron chi connectivity index (χ3n) is 6.98. The Kier molecular flexibility index (Phi) is 5.62. The highest BCUT2D eigenvalue weighted by molar-refractivity contribution is 5.94. The van der Waals surface area contributed by atoms with Crippen LogP contribution in [0, 0.1) is 5.41 Å². The number of aromatic hydroxyl groups is 1. The van der Waals surface area contributed by atoms with Crippen LogP contribution in [-0.2, 0) is 17.8 Å². The number of pyridine rings is 1. The van der Waals surface area contributed by atoms with Crippen molar-refractivity contribution in [3.8, 4) is 23.0 Å². The molecule has 5 rings (SSSR count).